The van der Waals surface area contributed by atoms with E-state index in [1.165, 1.54) is 25.1 Å². The highest BCUT2D eigenvalue weighted by atomic mass is 19.1. The molecule has 6 nitrogen and oxygen atoms in total. The Bertz CT molecular complexity index is 822. The fourth-order valence-electron chi connectivity index (χ4n) is 2.43. The molecule has 0 aliphatic heterocycles. The third-order valence-electron chi connectivity index (χ3n) is 3.80. The highest BCUT2D eigenvalue weighted by Crippen LogP contribution is 2.23. The van der Waals surface area contributed by atoms with Gasteiger partial charge in [0.05, 0.1) is 7.11 Å². The average Bonchev–Trinajstić information content (AvgIpc) is 2.60. The number of carboxylic acids is 1. The van der Waals surface area contributed by atoms with E-state index >= 15 is 0 Å². The van der Waals surface area contributed by atoms with Gasteiger partial charge in [0, 0.05) is 0 Å². The van der Waals surface area contributed by atoms with Gasteiger partial charge >= 0.3 is 5.97 Å². The van der Waals surface area contributed by atoms with Crippen molar-refractivity contribution in [1.82, 2.24) is 5.32 Å². The number of aliphatic carboxylic acids is 1. The number of rotatable bonds is 7. The number of carbonyl (C=O) groups is 2. The highest BCUT2D eigenvalue weighted by molar-refractivity contribution is 5.85. The lowest BCUT2D eigenvalue weighted by Crippen LogP contribution is -2.36. The number of halogens is 1. The normalized spacial score (nSPS) is 11.5. The molecule has 1 atom stereocenters. The second-order valence-corrected chi connectivity index (χ2v) is 5.77. The molecule has 2 N–H and O–H groups in total. The van der Waals surface area contributed by atoms with Gasteiger partial charge in [-0.1, -0.05) is 12.1 Å². The zero-order chi connectivity index (χ0) is 19.3. The molecule has 0 fully saturated rings. The summed E-state index contributed by atoms with van der Waals surface area (Å²) in [7, 11) is 1.56. The van der Waals surface area contributed by atoms with Crippen molar-refractivity contribution in [3.63, 3.8) is 0 Å². The number of hydrogen-bond donors (Lipinski definition) is 2. The Balaban J connectivity index is 2.02. The fraction of sp³-hybridized carbons (Fsp3) is 0.263. The van der Waals surface area contributed by atoms with Crippen molar-refractivity contribution in [2.24, 2.45) is 0 Å². The van der Waals surface area contributed by atoms with Gasteiger partial charge in [-0.2, -0.15) is 0 Å². The lowest BCUT2D eigenvalue weighted by atomic mass is 10.0. The number of benzene rings is 2. The number of ether oxygens (including phenoxy) is 2. The first-order valence-electron chi connectivity index (χ1n) is 7.87. The van der Waals surface area contributed by atoms with Crippen molar-refractivity contribution < 1.29 is 28.6 Å². The van der Waals surface area contributed by atoms with E-state index in [2.05, 4.69) is 5.32 Å². The molecular formula is C19H20FNO5. The van der Waals surface area contributed by atoms with Gasteiger partial charge in [-0.3, -0.25) is 4.79 Å². The quantitative estimate of drug-likeness (QED) is 0.792. The van der Waals surface area contributed by atoms with Crippen molar-refractivity contribution in [2.45, 2.75) is 19.9 Å². The second kappa shape index (κ2) is 8.33. The predicted octanol–water partition coefficient (Wildman–Crippen LogP) is 2.77. The van der Waals surface area contributed by atoms with Gasteiger partial charge in [0.1, 0.15) is 17.3 Å². The molecule has 2 rings (SSSR count). The molecule has 0 radical (unpaired) electrons. The minimum absolute atomic E-state index is 0.282. The zero-order valence-corrected chi connectivity index (χ0v) is 14.7. The van der Waals surface area contributed by atoms with E-state index in [1.54, 1.807) is 25.3 Å². The molecule has 0 spiro atoms. The first-order valence-corrected chi connectivity index (χ1v) is 7.87. The Hall–Kier alpha value is -3.09. The van der Waals surface area contributed by atoms with Crippen molar-refractivity contribution in [3.8, 4) is 11.5 Å². The van der Waals surface area contributed by atoms with Crippen LogP contribution >= 0.6 is 0 Å². The first-order chi connectivity index (χ1) is 12.3. The molecule has 0 bridgehead atoms. The molecule has 7 heteroatoms. The standard InChI is InChI=1S/C19H20FNO5/c1-11-8-13(4-6-15(11)20)18(19(23)24)21-17(22)10-26-14-5-7-16(25-3)12(2)9-14/h4-9,18H,10H2,1-3H3,(H,21,22)(H,23,24). The van der Waals surface area contributed by atoms with Crippen LogP contribution in [0.5, 0.6) is 11.5 Å². The summed E-state index contributed by atoms with van der Waals surface area (Å²) in [5, 5.41) is 11.7. The van der Waals surface area contributed by atoms with Crippen LogP contribution in [0.4, 0.5) is 4.39 Å². The van der Waals surface area contributed by atoms with Crippen molar-refractivity contribution >= 4 is 11.9 Å². The summed E-state index contributed by atoms with van der Waals surface area (Å²) < 4.78 is 23.9. The molecule has 0 saturated heterocycles. The minimum atomic E-state index is -1.29. The number of hydrogen-bond acceptors (Lipinski definition) is 4. The average molecular weight is 361 g/mol. The van der Waals surface area contributed by atoms with Crippen molar-refractivity contribution in [3.05, 3.63) is 58.9 Å². The van der Waals surface area contributed by atoms with Crippen LogP contribution in [-0.2, 0) is 9.59 Å². The van der Waals surface area contributed by atoms with E-state index in [4.69, 9.17) is 9.47 Å². The van der Waals surface area contributed by atoms with Gasteiger partial charge in [0.15, 0.2) is 12.6 Å². The molecule has 2 aromatic rings. The van der Waals surface area contributed by atoms with Gasteiger partial charge in [-0.15, -0.1) is 0 Å². The van der Waals surface area contributed by atoms with Crippen LogP contribution < -0.4 is 14.8 Å². The Morgan fingerprint density at radius 2 is 1.88 bits per heavy atom. The summed E-state index contributed by atoms with van der Waals surface area (Å²) in [6.07, 6.45) is 0. The van der Waals surface area contributed by atoms with Crippen LogP contribution in [0.15, 0.2) is 36.4 Å². The number of carbonyl (C=O) groups excluding carboxylic acids is 1. The number of aryl methyl sites for hydroxylation is 2. The number of amides is 1. The van der Waals surface area contributed by atoms with Crippen LogP contribution in [0, 0.1) is 19.7 Å². The molecular weight excluding hydrogens is 341 g/mol. The number of methoxy groups -OCH3 is 1. The maximum absolute atomic E-state index is 13.4. The number of carboxylic acid groups (broad SMARTS) is 1. The Labute approximate surface area is 150 Å². The highest BCUT2D eigenvalue weighted by Gasteiger charge is 2.23. The fourth-order valence-corrected chi connectivity index (χ4v) is 2.43. The first kappa shape index (κ1) is 19.2. The third-order valence-corrected chi connectivity index (χ3v) is 3.80. The summed E-state index contributed by atoms with van der Waals surface area (Å²) in [4.78, 5) is 23.5. The molecule has 138 valence electrons. The van der Waals surface area contributed by atoms with E-state index < -0.39 is 23.7 Å². The molecule has 2 aromatic carbocycles. The topological polar surface area (TPSA) is 84.9 Å². The second-order valence-electron chi connectivity index (χ2n) is 5.77. The SMILES string of the molecule is COc1ccc(OCC(=O)NC(C(=O)O)c2ccc(F)c(C)c2)cc1C. The lowest BCUT2D eigenvalue weighted by molar-refractivity contribution is -0.142. The van der Waals surface area contributed by atoms with Crippen LogP contribution in [0.1, 0.15) is 22.7 Å². The van der Waals surface area contributed by atoms with Crippen LogP contribution in [0.25, 0.3) is 0 Å². The Kier molecular flexibility index (Phi) is 6.16. The van der Waals surface area contributed by atoms with Gasteiger partial charge in [0.2, 0.25) is 0 Å². The largest absolute Gasteiger partial charge is 0.496 e. The number of nitrogens with one attached hydrogen (secondary N) is 1. The maximum atomic E-state index is 13.4. The summed E-state index contributed by atoms with van der Waals surface area (Å²) in [5.74, 6) is -1.14. The van der Waals surface area contributed by atoms with Crippen molar-refractivity contribution in [2.75, 3.05) is 13.7 Å². The van der Waals surface area contributed by atoms with Crippen molar-refractivity contribution in [1.29, 1.82) is 0 Å². The van der Waals surface area contributed by atoms with E-state index in [9.17, 15) is 19.1 Å². The molecule has 0 aliphatic rings. The molecule has 0 aliphatic carbocycles. The molecule has 1 unspecified atom stereocenters. The maximum Gasteiger partial charge on any atom is 0.330 e. The summed E-state index contributed by atoms with van der Waals surface area (Å²) in [5.41, 5.74) is 1.42. The Morgan fingerprint density at radius 1 is 1.15 bits per heavy atom. The smallest absolute Gasteiger partial charge is 0.330 e. The van der Waals surface area contributed by atoms with Gasteiger partial charge < -0.3 is 19.9 Å². The lowest BCUT2D eigenvalue weighted by Gasteiger charge is -2.16. The minimum Gasteiger partial charge on any atom is -0.496 e. The van der Waals surface area contributed by atoms with Crippen LogP contribution in [0.2, 0.25) is 0 Å². The van der Waals surface area contributed by atoms with Crippen LogP contribution in [0.3, 0.4) is 0 Å². The summed E-state index contributed by atoms with van der Waals surface area (Å²) in [6.45, 7) is 3.01. The molecule has 26 heavy (non-hydrogen) atoms. The van der Waals surface area contributed by atoms with Crippen LogP contribution in [-0.4, -0.2) is 30.7 Å². The summed E-state index contributed by atoms with van der Waals surface area (Å²) >= 11 is 0. The molecule has 0 aromatic heterocycles. The zero-order valence-electron chi connectivity index (χ0n) is 14.7. The van der Waals surface area contributed by atoms with E-state index in [1.807, 2.05) is 6.92 Å². The third kappa shape index (κ3) is 4.72. The van der Waals surface area contributed by atoms with Gasteiger partial charge in [-0.25, -0.2) is 9.18 Å². The molecule has 0 saturated carbocycles. The predicted molar refractivity (Wildman–Crippen MR) is 92.9 cm³/mol. The van der Waals surface area contributed by atoms with E-state index in [0.717, 1.165) is 5.56 Å². The van der Waals surface area contributed by atoms with Gasteiger partial charge in [0.25, 0.3) is 5.91 Å². The summed E-state index contributed by atoms with van der Waals surface area (Å²) in [6, 6.07) is 7.68. The van der Waals surface area contributed by atoms with Gasteiger partial charge in [-0.05, 0) is 54.8 Å². The molecule has 0 heterocycles. The van der Waals surface area contributed by atoms with E-state index in [-0.39, 0.29) is 12.2 Å². The van der Waals surface area contributed by atoms with E-state index in [0.29, 0.717) is 17.1 Å². The Morgan fingerprint density at radius 3 is 2.46 bits per heavy atom. The monoisotopic (exact) mass is 361 g/mol. The molecule has 1 amide bonds.